The molecule has 0 aliphatic heterocycles. The van der Waals surface area contributed by atoms with Gasteiger partial charge in [-0.2, -0.15) is 0 Å². The Morgan fingerprint density at radius 3 is 1.67 bits per heavy atom. The van der Waals surface area contributed by atoms with Crippen molar-refractivity contribution in [2.75, 3.05) is 0 Å². The quantitative estimate of drug-likeness (QED) is 0.128. The second-order valence-corrected chi connectivity index (χ2v) is 10.9. The summed E-state index contributed by atoms with van der Waals surface area (Å²) in [6, 6.07) is 1.79. The zero-order valence-electron chi connectivity index (χ0n) is 19.9. The highest BCUT2D eigenvalue weighted by Gasteiger charge is 2.22. The number of amides is 2. The van der Waals surface area contributed by atoms with Crippen molar-refractivity contribution in [1.29, 1.82) is 0 Å². The average molecular weight is 578 g/mol. The Morgan fingerprint density at radius 1 is 0.758 bits per heavy atom. The minimum Gasteiger partial charge on any atom is -0.508 e. The molecule has 1 aromatic carbocycles. The predicted molar refractivity (Wildman–Crippen MR) is 136 cm³/mol. The monoisotopic (exact) mass is 577 g/mol. The normalized spacial score (nSPS) is 11.1. The lowest BCUT2D eigenvalue weighted by molar-refractivity contribution is -0.120. The van der Waals surface area contributed by atoms with Crippen molar-refractivity contribution >= 4 is 31.6 Å². The Morgan fingerprint density at radius 2 is 1.21 bits per heavy atom. The SMILES string of the molecule is CCCCCCCCCCCCCCCCCC(=O)NC(=O)c1cc(O)cc(O)c1I(=O)=O. The van der Waals surface area contributed by atoms with Gasteiger partial charge in [0.1, 0.15) is 15.1 Å². The first kappa shape index (κ1) is 29.3. The molecule has 0 bridgehead atoms. The number of halogens is 1. The summed E-state index contributed by atoms with van der Waals surface area (Å²) in [4.78, 5) is 24.2. The largest absolute Gasteiger partial charge is 0.508 e. The summed E-state index contributed by atoms with van der Waals surface area (Å²) in [6.45, 7) is 2.24. The minimum atomic E-state index is -4.20. The molecule has 0 fully saturated rings. The lowest BCUT2D eigenvalue weighted by Crippen LogP contribution is -2.30. The van der Waals surface area contributed by atoms with E-state index < -0.39 is 52.2 Å². The molecular formula is C25H40INO6. The van der Waals surface area contributed by atoms with Crippen molar-refractivity contribution in [2.45, 2.75) is 110 Å². The molecule has 0 radical (unpaired) electrons. The molecule has 0 aliphatic rings. The van der Waals surface area contributed by atoms with Gasteiger partial charge in [0.05, 0.1) is 5.56 Å². The number of hydrogen-bond donors (Lipinski definition) is 3. The van der Waals surface area contributed by atoms with Crippen molar-refractivity contribution in [1.82, 2.24) is 5.32 Å². The van der Waals surface area contributed by atoms with Crippen LogP contribution in [0.2, 0.25) is 0 Å². The lowest BCUT2D eigenvalue weighted by atomic mass is 10.0. The van der Waals surface area contributed by atoms with Crippen molar-refractivity contribution in [3.63, 3.8) is 0 Å². The van der Waals surface area contributed by atoms with E-state index in [4.69, 9.17) is 0 Å². The summed E-state index contributed by atoms with van der Waals surface area (Å²) in [5.74, 6) is -2.57. The number of phenols is 2. The molecule has 0 saturated heterocycles. The molecule has 188 valence electrons. The third-order valence-electron chi connectivity index (χ3n) is 5.70. The van der Waals surface area contributed by atoms with Crippen LogP contribution in [-0.2, 0) is 10.9 Å². The average Bonchev–Trinajstić information content (AvgIpc) is 2.75. The first-order chi connectivity index (χ1) is 15.9. The van der Waals surface area contributed by atoms with Gasteiger partial charge >= 0.3 is 19.8 Å². The molecule has 0 saturated carbocycles. The summed E-state index contributed by atoms with van der Waals surface area (Å²) in [6.07, 6.45) is 18.5. The molecule has 8 heteroatoms. The van der Waals surface area contributed by atoms with Crippen LogP contribution in [0.15, 0.2) is 12.1 Å². The maximum absolute atomic E-state index is 12.2. The highest BCUT2D eigenvalue weighted by Crippen LogP contribution is 2.34. The maximum atomic E-state index is 12.2. The predicted octanol–water partition coefficient (Wildman–Crippen LogP) is 6.98. The van der Waals surface area contributed by atoms with E-state index >= 15 is 0 Å². The summed E-state index contributed by atoms with van der Waals surface area (Å²) >= 11 is -4.20. The number of nitrogens with one attached hydrogen (secondary N) is 1. The molecular weight excluding hydrogens is 537 g/mol. The molecule has 0 heterocycles. The molecule has 1 rings (SSSR count). The molecule has 0 unspecified atom stereocenters. The van der Waals surface area contributed by atoms with Crippen LogP contribution in [0.3, 0.4) is 0 Å². The fourth-order valence-corrected chi connectivity index (χ4v) is 5.32. The van der Waals surface area contributed by atoms with Gasteiger partial charge in [-0.1, -0.05) is 96.8 Å². The number of aromatic hydroxyl groups is 2. The van der Waals surface area contributed by atoms with Crippen molar-refractivity contribution in [2.24, 2.45) is 0 Å². The summed E-state index contributed by atoms with van der Waals surface area (Å²) in [5.41, 5.74) is -0.410. The molecule has 1 aromatic rings. The zero-order valence-corrected chi connectivity index (χ0v) is 22.0. The molecule has 0 aliphatic carbocycles. The number of hydrogen-bond acceptors (Lipinski definition) is 6. The number of carbonyl (C=O) groups is 2. The highest BCUT2D eigenvalue weighted by molar-refractivity contribution is 14.2. The van der Waals surface area contributed by atoms with E-state index in [9.17, 15) is 25.9 Å². The van der Waals surface area contributed by atoms with Crippen LogP contribution >= 0.6 is 19.8 Å². The molecule has 0 atom stereocenters. The Balaban J connectivity index is 2.11. The summed E-state index contributed by atoms with van der Waals surface area (Å²) in [7, 11) is 0. The van der Waals surface area contributed by atoms with Crippen LogP contribution in [0.5, 0.6) is 11.5 Å². The maximum Gasteiger partial charge on any atom is 0.345 e. The first-order valence-corrected chi connectivity index (χ1v) is 15.2. The van der Waals surface area contributed by atoms with E-state index in [1.807, 2.05) is 0 Å². The Bertz CT molecular complexity index is 798. The van der Waals surface area contributed by atoms with E-state index in [-0.39, 0.29) is 6.42 Å². The second-order valence-electron chi connectivity index (χ2n) is 8.62. The van der Waals surface area contributed by atoms with Gasteiger partial charge in [-0.05, 0) is 12.5 Å². The Labute approximate surface area is 204 Å². The topological polar surface area (TPSA) is 121 Å². The Hall–Kier alpha value is -1.71. The van der Waals surface area contributed by atoms with Crippen LogP contribution < -0.4 is 5.32 Å². The van der Waals surface area contributed by atoms with Crippen LogP contribution in [-0.4, -0.2) is 22.0 Å². The van der Waals surface area contributed by atoms with E-state index in [1.165, 1.54) is 70.6 Å². The van der Waals surface area contributed by atoms with Gasteiger partial charge in [0, 0.05) is 12.5 Å². The number of phenolic OH excluding ortho intramolecular Hbond substituents is 2. The van der Waals surface area contributed by atoms with E-state index in [0.29, 0.717) is 6.42 Å². The van der Waals surface area contributed by atoms with Crippen molar-refractivity contribution < 1.29 is 25.9 Å². The Kier molecular flexibility index (Phi) is 15.7. The highest BCUT2D eigenvalue weighted by atomic mass is 127. The van der Waals surface area contributed by atoms with E-state index in [0.717, 1.165) is 31.4 Å². The molecule has 0 spiro atoms. The minimum absolute atomic E-state index is 0.168. The first-order valence-electron chi connectivity index (χ1n) is 12.3. The van der Waals surface area contributed by atoms with Gasteiger partial charge in [0.2, 0.25) is 5.91 Å². The third kappa shape index (κ3) is 12.9. The van der Waals surface area contributed by atoms with Crippen molar-refractivity contribution in [3.8, 4) is 11.5 Å². The van der Waals surface area contributed by atoms with Crippen molar-refractivity contribution in [3.05, 3.63) is 21.3 Å². The fraction of sp³-hybridized carbons (Fsp3) is 0.680. The molecule has 2 amide bonds. The van der Waals surface area contributed by atoms with Gasteiger partial charge in [0.25, 0.3) is 5.91 Å². The smallest absolute Gasteiger partial charge is 0.345 e. The standard InChI is InChI=1S/C25H40INO6/c1-2-3-4-5-6-7-8-9-10-11-12-13-14-15-16-17-23(30)27-25(31)21-18-20(28)19-22(29)24(21)26(32)33/h18-19,28-29H,2-17H2,1H3,(H,27,30,31). The number of rotatable bonds is 18. The van der Waals surface area contributed by atoms with Crippen LogP contribution in [0, 0.1) is 3.57 Å². The third-order valence-corrected chi connectivity index (χ3v) is 7.71. The van der Waals surface area contributed by atoms with Gasteiger partial charge in [0.15, 0.2) is 0 Å². The van der Waals surface area contributed by atoms with Crippen LogP contribution in [0.4, 0.5) is 0 Å². The number of unbranched alkanes of at least 4 members (excludes halogenated alkanes) is 14. The second kappa shape index (κ2) is 17.7. The fourth-order valence-electron chi connectivity index (χ4n) is 3.84. The van der Waals surface area contributed by atoms with Gasteiger partial charge in [-0.15, -0.1) is 0 Å². The van der Waals surface area contributed by atoms with Crippen LogP contribution in [0.1, 0.15) is 120 Å². The summed E-state index contributed by atoms with van der Waals surface area (Å²) < 4.78 is 22.3. The summed E-state index contributed by atoms with van der Waals surface area (Å²) in [5, 5.41) is 21.4. The lowest BCUT2D eigenvalue weighted by Gasteiger charge is -2.08. The van der Waals surface area contributed by atoms with Gasteiger partial charge < -0.3 is 10.2 Å². The van der Waals surface area contributed by atoms with Gasteiger partial charge in [-0.25, -0.2) is 6.14 Å². The molecule has 33 heavy (non-hydrogen) atoms. The number of imide groups is 1. The molecule has 7 nitrogen and oxygen atoms in total. The number of benzene rings is 1. The zero-order chi connectivity index (χ0) is 24.5. The molecule has 3 N–H and O–H groups in total. The van der Waals surface area contributed by atoms with Crippen LogP contribution in [0.25, 0.3) is 0 Å². The number of carbonyl (C=O) groups excluding carboxylic acids is 2. The van der Waals surface area contributed by atoms with E-state index in [1.54, 1.807) is 0 Å². The van der Waals surface area contributed by atoms with Gasteiger partial charge in [-0.3, -0.25) is 14.9 Å². The molecule has 0 aromatic heterocycles. The van der Waals surface area contributed by atoms with E-state index in [2.05, 4.69) is 12.2 Å².